The summed E-state index contributed by atoms with van der Waals surface area (Å²) in [6, 6.07) is 13.3. The molecule has 148 valence electrons. The van der Waals surface area contributed by atoms with Gasteiger partial charge in [-0.2, -0.15) is 0 Å². The molecule has 1 aliphatic rings. The average molecular weight is 390 g/mol. The Balaban J connectivity index is 1.71. The lowest BCUT2D eigenvalue weighted by atomic mass is 10.0. The van der Waals surface area contributed by atoms with E-state index in [1.54, 1.807) is 12.1 Å². The predicted molar refractivity (Wildman–Crippen MR) is 113 cm³/mol. The van der Waals surface area contributed by atoms with E-state index >= 15 is 0 Å². The molecule has 0 amide bonds. The number of benzene rings is 2. The minimum absolute atomic E-state index is 0.239. The maximum atomic E-state index is 10.3. The Labute approximate surface area is 169 Å². The van der Waals surface area contributed by atoms with Crippen LogP contribution in [0.1, 0.15) is 32.0 Å². The van der Waals surface area contributed by atoms with Gasteiger partial charge in [-0.1, -0.05) is 18.2 Å². The van der Waals surface area contributed by atoms with Crippen LogP contribution < -0.4 is 9.47 Å². The SMILES string of the molecule is CCOc1ccc(-c2nc(/C=C3/C(C)=Nc4ccccc43)c(O)o2)cc1OCC. The van der Waals surface area contributed by atoms with Crippen molar-refractivity contribution in [2.24, 2.45) is 4.99 Å². The van der Waals surface area contributed by atoms with E-state index in [0.717, 1.165) is 22.5 Å². The van der Waals surface area contributed by atoms with Crippen molar-refractivity contribution in [1.82, 2.24) is 4.98 Å². The first-order chi connectivity index (χ1) is 14.1. The third kappa shape index (κ3) is 3.61. The van der Waals surface area contributed by atoms with Gasteiger partial charge in [0.15, 0.2) is 11.5 Å². The minimum atomic E-state index is -0.239. The maximum absolute atomic E-state index is 10.3. The lowest BCUT2D eigenvalue weighted by Gasteiger charge is -2.11. The molecule has 4 rings (SSSR count). The van der Waals surface area contributed by atoms with Crippen LogP contribution in [0.5, 0.6) is 17.4 Å². The van der Waals surface area contributed by atoms with E-state index in [1.165, 1.54) is 0 Å². The quantitative estimate of drug-likeness (QED) is 0.602. The molecule has 0 saturated carbocycles. The molecule has 29 heavy (non-hydrogen) atoms. The van der Waals surface area contributed by atoms with Crippen LogP contribution in [-0.2, 0) is 0 Å². The number of oxazole rings is 1. The molecule has 0 bridgehead atoms. The number of hydrogen-bond donors (Lipinski definition) is 1. The van der Waals surface area contributed by atoms with Crippen molar-refractivity contribution < 1.29 is 19.0 Å². The van der Waals surface area contributed by atoms with Gasteiger partial charge < -0.3 is 19.0 Å². The number of rotatable bonds is 6. The van der Waals surface area contributed by atoms with E-state index in [-0.39, 0.29) is 5.95 Å². The van der Waals surface area contributed by atoms with Gasteiger partial charge in [-0.15, -0.1) is 0 Å². The van der Waals surface area contributed by atoms with Gasteiger partial charge in [0, 0.05) is 22.4 Å². The normalized spacial score (nSPS) is 14.0. The highest BCUT2D eigenvalue weighted by Crippen LogP contribution is 2.38. The van der Waals surface area contributed by atoms with Crippen molar-refractivity contribution in [3.63, 3.8) is 0 Å². The molecule has 0 radical (unpaired) electrons. The number of allylic oxidation sites excluding steroid dienone is 1. The molecule has 0 spiro atoms. The Morgan fingerprint density at radius 3 is 2.59 bits per heavy atom. The average Bonchev–Trinajstić information content (AvgIpc) is 3.24. The largest absolute Gasteiger partial charge is 0.490 e. The van der Waals surface area contributed by atoms with Crippen molar-refractivity contribution >= 4 is 23.0 Å². The van der Waals surface area contributed by atoms with E-state index in [2.05, 4.69) is 9.98 Å². The van der Waals surface area contributed by atoms with E-state index in [9.17, 15) is 5.11 Å². The van der Waals surface area contributed by atoms with Crippen molar-refractivity contribution in [2.75, 3.05) is 13.2 Å². The topological polar surface area (TPSA) is 77.1 Å². The number of ether oxygens (including phenoxy) is 2. The first kappa shape index (κ1) is 18.8. The van der Waals surface area contributed by atoms with Gasteiger partial charge in [-0.25, -0.2) is 4.98 Å². The summed E-state index contributed by atoms with van der Waals surface area (Å²) in [6.07, 6.45) is 1.80. The fourth-order valence-electron chi connectivity index (χ4n) is 3.28. The van der Waals surface area contributed by atoms with Crippen LogP contribution in [0.15, 0.2) is 51.9 Å². The second kappa shape index (κ2) is 7.83. The number of hydrogen-bond acceptors (Lipinski definition) is 6. The number of nitrogens with zero attached hydrogens (tertiary/aromatic N) is 2. The standard InChI is InChI=1S/C23H22N2O4/c1-4-27-20-11-10-15(12-21(20)28-5-2)22-25-19(23(26)29-22)13-17-14(3)24-18-9-7-6-8-16(17)18/h6-13,26H,4-5H2,1-3H3/b17-13-. The van der Waals surface area contributed by atoms with Gasteiger partial charge in [0.2, 0.25) is 5.89 Å². The van der Waals surface area contributed by atoms with Gasteiger partial charge in [0.25, 0.3) is 0 Å². The Bertz CT molecular complexity index is 1110. The molecule has 1 N–H and O–H groups in total. The van der Waals surface area contributed by atoms with Crippen molar-refractivity contribution in [3.8, 4) is 28.9 Å². The molecule has 0 aliphatic carbocycles. The fourth-order valence-corrected chi connectivity index (χ4v) is 3.28. The zero-order valence-electron chi connectivity index (χ0n) is 16.6. The summed E-state index contributed by atoms with van der Waals surface area (Å²) in [6.45, 7) is 6.81. The monoisotopic (exact) mass is 390 g/mol. The van der Waals surface area contributed by atoms with Crippen LogP contribution in [0.2, 0.25) is 0 Å². The van der Waals surface area contributed by atoms with Crippen LogP contribution in [0.25, 0.3) is 23.1 Å². The first-order valence-electron chi connectivity index (χ1n) is 9.57. The maximum Gasteiger partial charge on any atom is 0.310 e. The van der Waals surface area contributed by atoms with Crippen molar-refractivity contribution in [3.05, 3.63) is 53.7 Å². The summed E-state index contributed by atoms with van der Waals surface area (Å²) in [5, 5.41) is 10.3. The Kier molecular flexibility index (Phi) is 5.08. The zero-order valence-corrected chi connectivity index (χ0v) is 16.6. The summed E-state index contributed by atoms with van der Waals surface area (Å²) in [5.41, 5.74) is 4.75. The van der Waals surface area contributed by atoms with Crippen molar-refractivity contribution in [2.45, 2.75) is 20.8 Å². The fraction of sp³-hybridized carbons (Fsp3) is 0.217. The van der Waals surface area contributed by atoms with Crippen LogP contribution in [0, 0.1) is 0 Å². The molecule has 0 unspecified atom stereocenters. The van der Waals surface area contributed by atoms with Crippen molar-refractivity contribution in [1.29, 1.82) is 0 Å². The summed E-state index contributed by atoms with van der Waals surface area (Å²) >= 11 is 0. The zero-order chi connectivity index (χ0) is 20.4. The van der Waals surface area contributed by atoms with Gasteiger partial charge in [-0.3, -0.25) is 4.99 Å². The molecular weight excluding hydrogens is 368 g/mol. The molecule has 2 heterocycles. The van der Waals surface area contributed by atoms with E-state index < -0.39 is 0 Å². The van der Waals surface area contributed by atoms with Gasteiger partial charge in [0.05, 0.1) is 18.9 Å². The van der Waals surface area contributed by atoms with Crippen LogP contribution in [0.4, 0.5) is 5.69 Å². The lowest BCUT2D eigenvalue weighted by Crippen LogP contribution is -1.98. The van der Waals surface area contributed by atoms with Crippen LogP contribution >= 0.6 is 0 Å². The van der Waals surface area contributed by atoms with E-state index in [1.807, 2.05) is 57.2 Å². The highest BCUT2D eigenvalue weighted by atomic mass is 16.5. The summed E-state index contributed by atoms with van der Waals surface area (Å²) in [7, 11) is 0. The molecule has 1 aromatic heterocycles. The number of fused-ring (bicyclic) bond motifs is 1. The van der Waals surface area contributed by atoms with E-state index in [4.69, 9.17) is 13.9 Å². The molecule has 2 aromatic carbocycles. The smallest absolute Gasteiger partial charge is 0.310 e. The molecule has 3 aromatic rings. The lowest BCUT2D eigenvalue weighted by molar-refractivity contribution is 0.287. The molecule has 0 atom stereocenters. The summed E-state index contributed by atoms with van der Waals surface area (Å²) < 4.78 is 16.8. The Morgan fingerprint density at radius 2 is 1.79 bits per heavy atom. The first-order valence-corrected chi connectivity index (χ1v) is 9.57. The molecular formula is C23H22N2O4. The second-order valence-corrected chi connectivity index (χ2v) is 6.51. The molecule has 0 fully saturated rings. The third-order valence-corrected chi connectivity index (χ3v) is 4.58. The van der Waals surface area contributed by atoms with E-state index in [0.29, 0.717) is 41.9 Å². The van der Waals surface area contributed by atoms with Gasteiger partial charge >= 0.3 is 5.95 Å². The van der Waals surface area contributed by atoms with Gasteiger partial charge in [0.1, 0.15) is 5.69 Å². The van der Waals surface area contributed by atoms with Gasteiger partial charge in [-0.05, 0) is 51.1 Å². The molecule has 6 heteroatoms. The molecule has 6 nitrogen and oxygen atoms in total. The Morgan fingerprint density at radius 1 is 1.03 bits per heavy atom. The third-order valence-electron chi connectivity index (χ3n) is 4.58. The second-order valence-electron chi connectivity index (χ2n) is 6.51. The molecule has 1 aliphatic heterocycles. The summed E-state index contributed by atoms with van der Waals surface area (Å²) in [4.78, 5) is 9.04. The highest BCUT2D eigenvalue weighted by molar-refractivity contribution is 6.31. The number of aromatic nitrogens is 1. The highest BCUT2D eigenvalue weighted by Gasteiger charge is 2.20. The Hall–Kier alpha value is -3.54. The predicted octanol–water partition coefficient (Wildman–Crippen LogP) is 5.49. The van der Waals surface area contributed by atoms with Crippen LogP contribution in [0.3, 0.4) is 0 Å². The number of aliphatic imine (C=N–C) groups is 1. The van der Waals surface area contributed by atoms with Crippen LogP contribution in [-0.4, -0.2) is 29.0 Å². The molecule has 0 saturated heterocycles. The minimum Gasteiger partial charge on any atom is -0.490 e. The number of aromatic hydroxyl groups is 1. The summed E-state index contributed by atoms with van der Waals surface area (Å²) in [5.74, 6) is 1.33. The number of para-hydroxylation sites is 1.